The van der Waals surface area contributed by atoms with E-state index in [1.165, 1.54) is 7.11 Å². The normalized spacial score (nSPS) is 24.7. The lowest BCUT2D eigenvalue weighted by molar-refractivity contribution is -0.136. The molecule has 1 aliphatic carbocycles. The molecule has 6 heteroatoms. The van der Waals surface area contributed by atoms with Crippen molar-refractivity contribution in [3.8, 4) is 5.75 Å². The topological polar surface area (TPSA) is 95.3 Å². The van der Waals surface area contributed by atoms with Crippen LogP contribution < -0.4 is 0 Å². The second-order valence-electron chi connectivity index (χ2n) is 5.10. The molecule has 3 atom stereocenters. The molecule has 1 aromatic carbocycles. The Labute approximate surface area is 122 Å². The van der Waals surface area contributed by atoms with E-state index in [-0.39, 0.29) is 23.6 Å². The largest absolute Gasteiger partial charge is 0.508 e. The fourth-order valence-electron chi connectivity index (χ4n) is 2.72. The van der Waals surface area contributed by atoms with Crippen LogP contribution >= 0.6 is 0 Å². The molecule has 0 aromatic heterocycles. The van der Waals surface area contributed by atoms with Crippen LogP contribution in [-0.2, 0) is 9.53 Å². The Balaban J connectivity index is 2.47. The van der Waals surface area contributed by atoms with Gasteiger partial charge in [0.05, 0.1) is 7.11 Å². The van der Waals surface area contributed by atoms with E-state index < -0.39 is 5.97 Å². The van der Waals surface area contributed by atoms with E-state index >= 15 is 0 Å². The van der Waals surface area contributed by atoms with Gasteiger partial charge in [-0.2, -0.15) is 0 Å². The second-order valence-corrected chi connectivity index (χ2v) is 5.10. The summed E-state index contributed by atoms with van der Waals surface area (Å²) in [5, 5.41) is 13.8. The zero-order chi connectivity index (χ0) is 15.4. The number of phenols is 1. The van der Waals surface area contributed by atoms with Crippen molar-refractivity contribution in [1.82, 2.24) is 0 Å². The summed E-state index contributed by atoms with van der Waals surface area (Å²) >= 11 is 0. The van der Waals surface area contributed by atoms with Crippen LogP contribution in [0.3, 0.4) is 0 Å². The maximum Gasteiger partial charge on any atom is 0.333 e. The van der Waals surface area contributed by atoms with Gasteiger partial charge in [0, 0.05) is 28.0 Å². The van der Waals surface area contributed by atoms with Crippen molar-refractivity contribution >= 4 is 5.97 Å². The minimum absolute atomic E-state index is 0.0254. The molecule has 1 aliphatic rings. The Morgan fingerprint density at radius 2 is 2.19 bits per heavy atom. The van der Waals surface area contributed by atoms with Crippen molar-refractivity contribution in [1.29, 1.82) is 0 Å². The number of phenolic OH excluding ortho intramolecular Hbond substituents is 1. The number of aromatic hydroxyl groups is 1. The van der Waals surface area contributed by atoms with Crippen LogP contribution in [0.25, 0.3) is 10.4 Å². The van der Waals surface area contributed by atoms with Gasteiger partial charge in [-0.05, 0) is 23.9 Å². The van der Waals surface area contributed by atoms with Gasteiger partial charge in [0.1, 0.15) is 5.75 Å². The molecule has 0 radical (unpaired) electrons. The number of azide groups is 1. The average Bonchev–Trinajstić information content (AvgIpc) is 2.49. The number of para-hydroxylation sites is 1. The summed E-state index contributed by atoms with van der Waals surface area (Å²) in [6.45, 7) is 1.95. The number of methoxy groups -OCH3 is 1. The summed E-state index contributed by atoms with van der Waals surface area (Å²) in [4.78, 5) is 14.7. The fourth-order valence-corrected chi connectivity index (χ4v) is 2.72. The fraction of sp³-hybridized carbons (Fsp3) is 0.400. The van der Waals surface area contributed by atoms with Gasteiger partial charge < -0.3 is 9.84 Å². The van der Waals surface area contributed by atoms with E-state index in [1.54, 1.807) is 24.3 Å². The molecule has 0 saturated carbocycles. The van der Waals surface area contributed by atoms with E-state index in [2.05, 4.69) is 10.0 Å². The van der Waals surface area contributed by atoms with Crippen molar-refractivity contribution in [2.24, 2.45) is 11.0 Å². The molecule has 1 aromatic rings. The minimum atomic E-state index is -0.430. The Bertz CT molecular complexity index is 620. The van der Waals surface area contributed by atoms with E-state index in [0.29, 0.717) is 17.6 Å². The number of allylic oxidation sites excluding steroid dienone is 1. The van der Waals surface area contributed by atoms with Crippen LogP contribution in [0.15, 0.2) is 41.0 Å². The van der Waals surface area contributed by atoms with Crippen molar-refractivity contribution in [3.63, 3.8) is 0 Å². The molecule has 110 valence electrons. The molecule has 0 bridgehead atoms. The number of rotatable bonds is 3. The van der Waals surface area contributed by atoms with Gasteiger partial charge in [-0.1, -0.05) is 36.3 Å². The SMILES string of the molecule is COC(=O)C1=C[C@@H](c2ccccc2O)[C@H](C)C(N=[N+]=[N-])C1. The highest BCUT2D eigenvalue weighted by molar-refractivity contribution is 5.89. The number of esters is 1. The number of nitrogens with zero attached hydrogens (tertiary/aromatic N) is 3. The van der Waals surface area contributed by atoms with Crippen LogP contribution in [0.4, 0.5) is 0 Å². The molecule has 0 spiro atoms. The number of ether oxygens (including phenoxy) is 1. The first-order chi connectivity index (χ1) is 10.1. The molecule has 1 unspecified atom stereocenters. The summed E-state index contributed by atoms with van der Waals surface area (Å²) in [5.74, 6) is -0.496. The van der Waals surface area contributed by atoms with Crippen LogP contribution in [0.1, 0.15) is 24.8 Å². The predicted octanol–water partition coefficient (Wildman–Crippen LogP) is 3.29. The number of benzene rings is 1. The first-order valence-electron chi connectivity index (χ1n) is 6.69. The first-order valence-corrected chi connectivity index (χ1v) is 6.69. The van der Waals surface area contributed by atoms with E-state index in [4.69, 9.17) is 10.3 Å². The maximum absolute atomic E-state index is 11.8. The molecule has 1 N–H and O–H groups in total. The Morgan fingerprint density at radius 3 is 2.81 bits per heavy atom. The average molecular weight is 287 g/mol. The maximum atomic E-state index is 11.8. The standard InChI is InChI=1S/C15H17N3O3/c1-9-12(11-5-3-4-6-14(11)19)7-10(15(20)21-2)8-13(9)17-18-16/h3-7,9,12-13,19H,8H2,1-2H3/t9-,12+,13?/m0/s1. The predicted molar refractivity (Wildman–Crippen MR) is 77.7 cm³/mol. The Hall–Kier alpha value is -2.46. The Morgan fingerprint density at radius 1 is 1.48 bits per heavy atom. The highest BCUT2D eigenvalue weighted by Gasteiger charge is 2.33. The first kappa shape index (κ1) is 14.9. The van der Waals surface area contributed by atoms with Crippen molar-refractivity contribution < 1.29 is 14.6 Å². The minimum Gasteiger partial charge on any atom is -0.508 e. The van der Waals surface area contributed by atoms with Crippen LogP contribution in [-0.4, -0.2) is 24.2 Å². The molecule has 0 amide bonds. The number of carbonyl (C=O) groups is 1. The third-order valence-electron chi connectivity index (χ3n) is 3.93. The molecule has 0 heterocycles. The van der Waals surface area contributed by atoms with Gasteiger partial charge in [0.25, 0.3) is 0 Å². The van der Waals surface area contributed by atoms with E-state index in [1.807, 2.05) is 13.0 Å². The van der Waals surface area contributed by atoms with Gasteiger partial charge in [-0.25, -0.2) is 4.79 Å². The summed E-state index contributed by atoms with van der Waals surface area (Å²) in [6.07, 6.45) is 2.15. The van der Waals surface area contributed by atoms with Gasteiger partial charge in [0.15, 0.2) is 0 Å². The lowest BCUT2D eigenvalue weighted by Crippen LogP contribution is -2.29. The zero-order valence-electron chi connectivity index (χ0n) is 11.9. The van der Waals surface area contributed by atoms with Gasteiger partial charge in [-0.15, -0.1) is 0 Å². The second kappa shape index (κ2) is 6.33. The molecular formula is C15H17N3O3. The molecule has 2 rings (SSSR count). The number of hydrogen-bond acceptors (Lipinski definition) is 4. The number of carbonyl (C=O) groups excluding carboxylic acids is 1. The Kier molecular flexibility index (Phi) is 4.50. The van der Waals surface area contributed by atoms with E-state index in [0.717, 1.165) is 0 Å². The molecule has 6 nitrogen and oxygen atoms in total. The highest BCUT2D eigenvalue weighted by Crippen LogP contribution is 2.41. The van der Waals surface area contributed by atoms with Gasteiger partial charge in [-0.3, -0.25) is 0 Å². The third-order valence-corrected chi connectivity index (χ3v) is 3.93. The third kappa shape index (κ3) is 3.01. The zero-order valence-corrected chi connectivity index (χ0v) is 11.9. The summed E-state index contributed by atoms with van der Waals surface area (Å²) < 4.78 is 4.76. The van der Waals surface area contributed by atoms with Gasteiger partial charge >= 0.3 is 5.97 Å². The lowest BCUT2D eigenvalue weighted by Gasteiger charge is -2.32. The molecule has 0 saturated heterocycles. The summed E-state index contributed by atoms with van der Waals surface area (Å²) in [7, 11) is 1.32. The van der Waals surface area contributed by atoms with Gasteiger partial charge in [0.2, 0.25) is 0 Å². The number of hydrogen-bond donors (Lipinski definition) is 1. The quantitative estimate of drug-likeness (QED) is 0.400. The van der Waals surface area contributed by atoms with Crippen LogP contribution in [0, 0.1) is 5.92 Å². The summed E-state index contributed by atoms with van der Waals surface area (Å²) in [5.41, 5.74) is 9.89. The smallest absolute Gasteiger partial charge is 0.333 e. The van der Waals surface area contributed by atoms with Crippen molar-refractivity contribution in [2.45, 2.75) is 25.3 Å². The molecule has 0 aliphatic heterocycles. The summed E-state index contributed by atoms with van der Waals surface area (Å²) in [6, 6.07) is 6.62. The monoisotopic (exact) mass is 287 g/mol. The van der Waals surface area contributed by atoms with Crippen molar-refractivity contribution in [2.75, 3.05) is 7.11 Å². The lowest BCUT2D eigenvalue weighted by atomic mass is 9.75. The highest BCUT2D eigenvalue weighted by atomic mass is 16.5. The molecule has 0 fully saturated rings. The van der Waals surface area contributed by atoms with Crippen molar-refractivity contribution in [3.05, 3.63) is 51.9 Å². The molecule has 21 heavy (non-hydrogen) atoms. The van der Waals surface area contributed by atoms with Crippen LogP contribution in [0.2, 0.25) is 0 Å². The van der Waals surface area contributed by atoms with E-state index in [9.17, 15) is 9.90 Å². The van der Waals surface area contributed by atoms with Crippen LogP contribution in [0.5, 0.6) is 5.75 Å². The molecular weight excluding hydrogens is 270 g/mol.